The van der Waals surface area contributed by atoms with E-state index in [9.17, 15) is 5.26 Å². The van der Waals surface area contributed by atoms with E-state index in [1.165, 1.54) is 0 Å². The molecule has 0 spiro atoms. The normalized spacial score (nSPS) is 10.3. The molecule has 4 nitrogen and oxygen atoms in total. The average Bonchev–Trinajstić information content (AvgIpc) is 2.54. The van der Waals surface area contributed by atoms with Gasteiger partial charge in [0.1, 0.15) is 11.9 Å². The highest BCUT2D eigenvalue weighted by atomic mass is 15.2. The summed E-state index contributed by atoms with van der Waals surface area (Å²) < 4.78 is 0. The Kier molecular flexibility index (Phi) is 3.48. The maximum Gasteiger partial charge on any atom is 0.147 e. The summed E-state index contributed by atoms with van der Waals surface area (Å²) in [7, 11) is 1.94. The van der Waals surface area contributed by atoms with E-state index in [0.29, 0.717) is 17.9 Å². The first-order valence-electron chi connectivity index (χ1n) is 6.68. The highest BCUT2D eigenvalue weighted by Crippen LogP contribution is 2.23. The van der Waals surface area contributed by atoms with Gasteiger partial charge in [0.05, 0.1) is 11.1 Å². The first-order valence-corrected chi connectivity index (χ1v) is 6.68. The summed E-state index contributed by atoms with van der Waals surface area (Å²) in [5.41, 5.74) is 2.62. The number of aromatic nitrogens is 2. The molecule has 0 unspecified atom stereocenters. The van der Waals surface area contributed by atoms with Crippen molar-refractivity contribution < 1.29 is 0 Å². The lowest BCUT2D eigenvalue weighted by Gasteiger charge is -2.19. The number of anilines is 1. The molecule has 0 N–H and O–H groups in total. The molecule has 4 heteroatoms. The van der Waals surface area contributed by atoms with Crippen molar-refractivity contribution in [1.82, 2.24) is 9.97 Å². The van der Waals surface area contributed by atoms with Crippen molar-refractivity contribution in [1.29, 1.82) is 5.26 Å². The van der Waals surface area contributed by atoms with Gasteiger partial charge in [0.15, 0.2) is 0 Å². The van der Waals surface area contributed by atoms with E-state index in [0.717, 1.165) is 16.5 Å². The van der Waals surface area contributed by atoms with Crippen LogP contribution in [0.1, 0.15) is 11.1 Å². The molecule has 102 valence electrons. The van der Waals surface area contributed by atoms with E-state index in [1.54, 1.807) is 12.4 Å². The van der Waals surface area contributed by atoms with E-state index < -0.39 is 0 Å². The highest BCUT2D eigenvalue weighted by molar-refractivity contribution is 5.83. The number of pyridine rings is 2. The van der Waals surface area contributed by atoms with Gasteiger partial charge in [-0.1, -0.05) is 18.2 Å². The minimum Gasteiger partial charge on any atom is -0.354 e. The molecule has 2 heterocycles. The Labute approximate surface area is 123 Å². The molecule has 0 radical (unpaired) electrons. The predicted octanol–water partition coefficient (Wildman–Crippen LogP) is 3.14. The van der Waals surface area contributed by atoms with Crippen LogP contribution in [-0.4, -0.2) is 17.0 Å². The topological polar surface area (TPSA) is 52.8 Å². The Morgan fingerprint density at radius 1 is 1.14 bits per heavy atom. The number of fused-ring (bicyclic) bond motifs is 1. The van der Waals surface area contributed by atoms with E-state index in [1.807, 2.05) is 54.4 Å². The molecule has 2 aromatic heterocycles. The summed E-state index contributed by atoms with van der Waals surface area (Å²) in [5, 5.41) is 10.3. The van der Waals surface area contributed by atoms with E-state index in [2.05, 4.69) is 16.0 Å². The molecule has 3 rings (SSSR count). The zero-order valence-electron chi connectivity index (χ0n) is 11.7. The fourth-order valence-corrected chi connectivity index (χ4v) is 2.32. The van der Waals surface area contributed by atoms with Gasteiger partial charge in [-0.15, -0.1) is 0 Å². The van der Waals surface area contributed by atoms with Gasteiger partial charge in [-0.25, -0.2) is 4.98 Å². The summed E-state index contributed by atoms with van der Waals surface area (Å²) in [6, 6.07) is 15.9. The second-order valence-electron chi connectivity index (χ2n) is 4.88. The van der Waals surface area contributed by atoms with Crippen LogP contribution in [0.3, 0.4) is 0 Å². The molecule has 0 aliphatic rings. The van der Waals surface area contributed by atoms with Gasteiger partial charge in [-0.05, 0) is 29.8 Å². The van der Waals surface area contributed by atoms with Crippen LogP contribution >= 0.6 is 0 Å². The van der Waals surface area contributed by atoms with Crippen molar-refractivity contribution in [2.24, 2.45) is 0 Å². The number of benzene rings is 1. The smallest absolute Gasteiger partial charge is 0.147 e. The fourth-order valence-electron chi connectivity index (χ4n) is 2.32. The van der Waals surface area contributed by atoms with E-state index in [-0.39, 0.29) is 0 Å². The Morgan fingerprint density at radius 2 is 1.90 bits per heavy atom. The zero-order valence-corrected chi connectivity index (χ0v) is 11.7. The molecule has 0 aliphatic heterocycles. The number of hydrogen-bond acceptors (Lipinski definition) is 4. The quantitative estimate of drug-likeness (QED) is 0.736. The minimum atomic E-state index is 0.588. The number of nitrogens with zero attached hydrogens (tertiary/aromatic N) is 4. The summed E-state index contributed by atoms with van der Waals surface area (Å²) in [4.78, 5) is 10.6. The van der Waals surface area contributed by atoms with Crippen LogP contribution in [0.4, 0.5) is 5.82 Å². The molecule has 1 aromatic carbocycles. The van der Waals surface area contributed by atoms with Crippen molar-refractivity contribution in [3.05, 3.63) is 66.0 Å². The maximum atomic E-state index is 9.37. The largest absolute Gasteiger partial charge is 0.354 e. The molecule has 0 fully saturated rings. The van der Waals surface area contributed by atoms with Crippen LogP contribution in [-0.2, 0) is 6.54 Å². The van der Waals surface area contributed by atoms with Crippen molar-refractivity contribution in [2.75, 3.05) is 11.9 Å². The lowest BCUT2D eigenvalue weighted by Crippen LogP contribution is -2.19. The number of nitriles is 1. The van der Waals surface area contributed by atoms with Crippen LogP contribution in [0.25, 0.3) is 10.9 Å². The Bertz CT molecular complexity index is 806. The van der Waals surface area contributed by atoms with Crippen molar-refractivity contribution in [2.45, 2.75) is 6.54 Å². The summed E-state index contributed by atoms with van der Waals surface area (Å²) >= 11 is 0. The molecule has 0 saturated carbocycles. The second-order valence-corrected chi connectivity index (χ2v) is 4.88. The van der Waals surface area contributed by atoms with E-state index >= 15 is 0 Å². The van der Waals surface area contributed by atoms with Crippen molar-refractivity contribution in [3.8, 4) is 6.07 Å². The SMILES string of the molecule is CN(Cc1ccncc1)c1nc2ccccc2cc1C#N. The molecule has 21 heavy (non-hydrogen) atoms. The van der Waals surface area contributed by atoms with Gasteiger partial charge in [0.25, 0.3) is 0 Å². The van der Waals surface area contributed by atoms with Gasteiger partial charge in [-0.2, -0.15) is 5.26 Å². The minimum absolute atomic E-state index is 0.588. The number of rotatable bonds is 3. The summed E-state index contributed by atoms with van der Waals surface area (Å²) in [6.45, 7) is 0.683. The lowest BCUT2D eigenvalue weighted by molar-refractivity contribution is 0.897. The summed E-state index contributed by atoms with van der Waals surface area (Å²) in [6.07, 6.45) is 3.53. The summed E-state index contributed by atoms with van der Waals surface area (Å²) in [5.74, 6) is 0.702. The lowest BCUT2D eigenvalue weighted by atomic mass is 10.1. The third kappa shape index (κ3) is 2.67. The Hall–Kier alpha value is -2.93. The van der Waals surface area contributed by atoms with Gasteiger partial charge >= 0.3 is 0 Å². The zero-order chi connectivity index (χ0) is 14.7. The molecule has 0 saturated heterocycles. The van der Waals surface area contributed by atoms with E-state index in [4.69, 9.17) is 0 Å². The highest BCUT2D eigenvalue weighted by Gasteiger charge is 2.11. The van der Waals surface area contributed by atoms with Crippen LogP contribution in [0.5, 0.6) is 0 Å². The molecule has 0 aliphatic carbocycles. The number of para-hydroxylation sites is 1. The van der Waals surface area contributed by atoms with Crippen LogP contribution < -0.4 is 4.90 Å². The third-order valence-electron chi connectivity index (χ3n) is 3.35. The van der Waals surface area contributed by atoms with Crippen LogP contribution in [0, 0.1) is 11.3 Å². The van der Waals surface area contributed by atoms with Crippen molar-refractivity contribution in [3.63, 3.8) is 0 Å². The average molecular weight is 274 g/mol. The first kappa shape index (κ1) is 13.1. The predicted molar refractivity (Wildman–Crippen MR) is 82.8 cm³/mol. The number of hydrogen-bond donors (Lipinski definition) is 0. The van der Waals surface area contributed by atoms with Crippen molar-refractivity contribution >= 4 is 16.7 Å². The molecule has 0 atom stereocenters. The molecule has 0 bridgehead atoms. The van der Waals surface area contributed by atoms with Crippen LogP contribution in [0.15, 0.2) is 54.9 Å². The second kappa shape index (κ2) is 5.59. The third-order valence-corrected chi connectivity index (χ3v) is 3.35. The van der Waals surface area contributed by atoms with Gasteiger partial charge in [0, 0.05) is 31.4 Å². The van der Waals surface area contributed by atoms with Crippen LogP contribution in [0.2, 0.25) is 0 Å². The van der Waals surface area contributed by atoms with Gasteiger partial charge in [0.2, 0.25) is 0 Å². The maximum absolute atomic E-state index is 9.37. The Balaban J connectivity index is 2.00. The molecular weight excluding hydrogens is 260 g/mol. The van der Waals surface area contributed by atoms with Gasteiger partial charge in [-0.3, -0.25) is 4.98 Å². The molecule has 0 amide bonds. The Morgan fingerprint density at radius 3 is 2.67 bits per heavy atom. The molecule has 3 aromatic rings. The molecular formula is C17H14N4. The fraction of sp³-hybridized carbons (Fsp3) is 0.118. The monoisotopic (exact) mass is 274 g/mol. The first-order chi connectivity index (χ1) is 10.3. The van der Waals surface area contributed by atoms with Gasteiger partial charge < -0.3 is 4.90 Å². The standard InChI is InChI=1S/C17H14N4/c1-21(12-13-6-8-19-9-7-13)17-15(11-18)10-14-4-2-3-5-16(14)20-17/h2-10H,12H2,1H3.